The number of aromatic hydroxyl groups is 1. The van der Waals surface area contributed by atoms with Gasteiger partial charge in [0.25, 0.3) is 0 Å². The SMILES string of the molecule is CCc1ccc(C(=O)/C=C/c2ccc(-c3ccc(O)c(C(=O)OC)c3)o2)cc1. The van der Waals surface area contributed by atoms with Crippen LogP contribution >= 0.6 is 0 Å². The molecule has 0 aliphatic carbocycles. The monoisotopic (exact) mass is 376 g/mol. The van der Waals surface area contributed by atoms with Gasteiger partial charge in [-0.15, -0.1) is 0 Å². The second-order valence-corrected chi connectivity index (χ2v) is 6.17. The van der Waals surface area contributed by atoms with Crippen molar-refractivity contribution in [1.82, 2.24) is 0 Å². The van der Waals surface area contributed by atoms with Crippen molar-refractivity contribution in [2.75, 3.05) is 7.11 Å². The Morgan fingerprint density at radius 3 is 2.50 bits per heavy atom. The number of aryl methyl sites for hydroxylation is 1. The number of benzene rings is 2. The lowest BCUT2D eigenvalue weighted by Crippen LogP contribution is -2.01. The Labute approximate surface area is 162 Å². The van der Waals surface area contributed by atoms with E-state index in [1.165, 1.54) is 30.9 Å². The van der Waals surface area contributed by atoms with Crippen LogP contribution in [0.4, 0.5) is 0 Å². The molecule has 3 aromatic rings. The number of ketones is 1. The lowest BCUT2D eigenvalue weighted by atomic mass is 10.1. The van der Waals surface area contributed by atoms with Crippen LogP contribution in [0.3, 0.4) is 0 Å². The zero-order valence-corrected chi connectivity index (χ0v) is 15.6. The Morgan fingerprint density at radius 2 is 1.82 bits per heavy atom. The third kappa shape index (κ3) is 4.20. The van der Waals surface area contributed by atoms with E-state index in [2.05, 4.69) is 11.7 Å². The number of furan rings is 1. The van der Waals surface area contributed by atoms with Crippen molar-refractivity contribution in [1.29, 1.82) is 0 Å². The van der Waals surface area contributed by atoms with E-state index in [0.29, 0.717) is 22.6 Å². The molecular weight excluding hydrogens is 356 g/mol. The highest BCUT2D eigenvalue weighted by Crippen LogP contribution is 2.28. The summed E-state index contributed by atoms with van der Waals surface area (Å²) in [5.41, 5.74) is 2.46. The summed E-state index contributed by atoms with van der Waals surface area (Å²) in [5.74, 6) is 0.0941. The Kier molecular flexibility index (Phi) is 5.75. The average molecular weight is 376 g/mol. The summed E-state index contributed by atoms with van der Waals surface area (Å²) in [6.45, 7) is 2.06. The van der Waals surface area contributed by atoms with Crippen LogP contribution in [0.2, 0.25) is 0 Å². The summed E-state index contributed by atoms with van der Waals surface area (Å²) in [4.78, 5) is 24.0. The van der Waals surface area contributed by atoms with Gasteiger partial charge in [0.05, 0.1) is 7.11 Å². The van der Waals surface area contributed by atoms with Gasteiger partial charge >= 0.3 is 5.97 Å². The Bertz CT molecular complexity index is 1030. The molecule has 2 aromatic carbocycles. The minimum Gasteiger partial charge on any atom is -0.507 e. The third-order valence-corrected chi connectivity index (χ3v) is 4.36. The van der Waals surface area contributed by atoms with Crippen molar-refractivity contribution in [2.24, 2.45) is 0 Å². The first-order chi connectivity index (χ1) is 13.5. The van der Waals surface area contributed by atoms with E-state index in [0.717, 1.165) is 6.42 Å². The van der Waals surface area contributed by atoms with Gasteiger partial charge < -0.3 is 14.3 Å². The van der Waals surface area contributed by atoms with Crippen LogP contribution in [-0.4, -0.2) is 24.0 Å². The highest BCUT2D eigenvalue weighted by atomic mass is 16.5. The largest absolute Gasteiger partial charge is 0.507 e. The van der Waals surface area contributed by atoms with E-state index in [-0.39, 0.29) is 17.1 Å². The summed E-state index contributed by atoms with van der Waals surface area (Å²) >= 11 is 0. The van der Waals surface area contributed by atoms with Gasteiger partial charge in [-0.2, -0.15) is 0 Å². The van der Waals surface area contributed by atoms with E-state index in [9.17, 15) is 14.7 Å². The van der Waals surface area contributed by atoms with Crippen molar-refractivity contribution < 1.29 is 23.8 Å². The molecule has 0 saturated carbocycles. The molecule has 0 fully saturated rings. The van der Waals surface area contributed by atoms with Gasteiger partial charge in [-0.05, 0) is 54.5 Å². The summed E-state index contributed by atoms with van der Waals surface area (Å²) < 4.78 is 10.4. The molecule has 142 valence electrons. The molecular formula is C23H20O5. The van der Waals surface area contributed by atoms with E-state index < -0.39 is 5.97 Å². The van der Waals surface area contributed by atoms with Crippen LogP contribution in [0.25, 0.3) is 17.4 Å². The number of esters is 1. The first kappa shape index (κ1) is 19.2. The van der Waals surface area contributed by atoms with Gasteiger partial charge in [0, 0.05) is 11.1 Å². The van der Waals surface area contributed by atoms with Crippen molar-refractivity contribution in [3.8, 4) is 17.1 Å². The minimum atomic E-state index is -0.634. The molecule has 0 spiro atoms. The predicted molar refractivity (Wildman–Crippen MR) is 106 cm³/mol. The summed E-state index contributed by atoms with van der Waals surface area (Å²) in [6, 6.07) is 15.5. The topological polar surface area (TPSA) is 76.7 Å². The smallest absolute Gasteiger partial charge is 0.341 e. The molecule has 1 heterocycles. The molecule has 0 atom stereocenters. The standard InChI is InChI=1S/C23H20O5/c1-3-15-4-6-16(7-5-15)20(24)12-9-18-10-13-22(28-18)17-8-11-21(25)19(14-17)23(26)27-2/h4-14,25H,3H2,1-2H3/b12-9+. The fourth-order valence-electron chi connectivity index (χ4n) is 2.72. The van der Waals surface area contributed by atoms with Gasteiger partial charge in [-0.1, -0.05) is 31.2 Å². The van der Waals surface area contributed by atoms with Crippen LogP contribution in [0.1, 0.15) is 39.0 Å². The highest BCUT2D eigenvalue weighted by molar-refractivity contribution is 6.06. The number of hydrogen-bond acceptors (Lipinski definition) is 5. The average Bonchev–Trinajstić information content (AvgIpc) is 3.21. The van der Waals surface area contributed by atoms with Gasteiger partial charge in [0.1, 0.15) is 22.8 Å². The first-order valence-electron chi connectivity index (χ1n) is 8.84. The number of phenolic OH excluding ortho intramolecular Hbond substituents is 1. The molecule has 3 rings (SSSR count). The zero-order valence-electron chi connectivity index (χ0n) is 15.6. The quantitative estimate of drug-likeness (QED) is 0.376. The first-order valence-corrected chi connectivity index (χ1v) is 8.84. The van der Waals surface area contributed by atoms with E-state index in [4.69, 9.17) is 4.42 Å². The molecule has 0 saturated heterocycles. The number of hydrogen-bond donors (Lipinski definition) is 1. The van der Waals surface area contributed by atoms with Crippen molar-refractivity contribution >= 4 is 17.8 Å². The predicted octanol–water partition coefficient (Wildman–Crippen LogP) is 4.90. The Hall–Kier alpha value is -3.60. The second kappa shape index (κ2) is 8.39. The molecule has 0 aliphatic rings. The number of carbonyl (C=O) groups is 2. The molecule has 5 heteroatoms. The number of phenols is 1. The fraction of sp³-hybridized carbons (Fsp3) is 0.130. The summed E-state index contributed by atoms with van der Waals surface area (Å²) in [6.07, 6.45) is 3.98. The summed E-state index contributed by atoms with van der Waals surface area (Å²) in [7, 11) is 1.25. The zero-order chi connectivity index (χ0) is 20.1. The maximum Gasteiger partial charge on any atom is 0.341 e. The maximum absolute atomic E-state index is 12.3. The van der Waals surface area contributed by atoms with Crippen LogP contribution in [0.15, 0.2) is 65.1 Å². The van der Waals surface area contributed by atoms with Gasteiger partial charge in [0.15, 0.2) is 5.78 Å². The number of methoxy groups -OCH3 is 1. The van der Waals surface area contributed by atoms with Gasteiger partial charge in [-0.25, -0.2) is 4.79 Å². The van der Waals surface area contributed by atoms with Crippen LogP contribution in [0.5, 0.6) is 5.75 Å². The number of carbonyl (C=O) groups excluding carboxylic acids is 2. The van der Waals surface area contributed by atoms with Crippen molar-refractivity contribution in [2.45, 2.75) is 13.3 Å². The van der Waals surface area contributed by atoms with Gasteiger partial charge in [0.2, 0.25) is 0 Å². The molecule has 1 aromatic heterocycles. The lowest BCUT2D eigenvalue weighted by Gasteiger charge is -2.04. The Morgan fingerprint density at radius 1 is 1.07 bits per heavy atom. The number of allylic oxidation sites excluding steroid dienone is 1. The maximum atomic E-state index is 12.3. The van der Waals surface area contributed by atoms with E-state index in [1.54, 1.807) is 24.3 Å². The number of rotatable bonds is 6. The summed E-state index contributed by atoms with van der Waals surface area (Å²) in [5, 5.41) is 9.79. The van der Waals surface area contributed by atoms with Crippen LogP contribution < -0.4 is 0 Å². The Balaban J connectivity index is 1.77. The molecule has 0 unspecified atom stereocenters. The van der Waals surface area contributed by atoms with Crippen molar-refractivity contribution in [3.63, 3.8) is 0 Å². The number of ether oxygens (including phenoxy) is 1. The molecule has 0 amide bonds. The molecule has 28 heavy (non-hydrogen) atoms. The third-order valence-electron chi connectivity index (χ3n) is 4.36. The molecule has 0 aliphatic heterocycles. The minimum absolute atomic E-state index is 0.0548. The van der Waals surface area contributed by atoms with E-state index in [1.807, 2.05) is 24.3 Å². The molecule has 0 radical (unpaired) electrons. The fourth-order valence-corrected chi connectivity index (χ4v) is 2.72. The second-order valence-electron chi connectivity index (χ2n) is 6.17. The lowest BCUT2D eigenvalue weighted by molar-refractivity contribution is 0.0597. The van der Waals surface area contributed by atoms with Crippen LogP contribution in [-0.2, 0) is 11.2 Å². The highest BCUT2D eigenvalue weighted by Gasteiger charge is 2.14. The molecule has 1 N–H and O–H groups in total. The van der Waals surface area contributed by atoms with Crippen LogP contribution in [0, 0.1) is 0 Å². The molecule has 5 nitrogen and oxygen atoms in total. The molecule has 0 bridgehead atoms. The van der Waals surface area contributed by atoms with E-state index >= 15 is 0 Å². The van der Waals surface area contributed by atoms with Gasteiger partial charge in [-0.3, -0.25) is 4.79 Å². The normalized spacial score (nSPS) is 10.9. The van der Waals surface area contributed by atoms with Crippen molar-refractivity contribution in [3.05, 3.63) is 83.1 Å².